The van der Waals surface area contributed by atoms with E-state index < -0.39 is 0 Å². The zero-order valence-electron chi connectivity index (χ0n) is 20.5. The quantitative estimate of drug-likeness (QED) is 0.535. The highest BCUT2D eigenvalue weighted by Crippen LogP contribution is 2.33. The molecule has 0 atom stereocenters. The molecule has 1 aromatic heterocycles. The molecule has 34 heavy (non-hydrogen) atoms. The largest absolute Gasteiger partial charge is 0.354 e. The van der Waals surface area contributed by atoms with Crippen LogP contribution in [0.5, 0.6) is 0 Å². The van der Waals surface area contributed by atoms with Crippen LogP contribution in [0.15, 0.2) is 42.5 Å². The molecule has 0 unspecified atom stereocenters. The lowest BCUT2D eigenvalue weighted by Crippen LogP contribution is -2.46. The van der Waals surface area contributed by atoms with Crippen molar-refractivity contribution in [3.05, 3.63) is 59.2 Å². The smallest absolute Gasteiger partial charge is 0.243 e. The Bertz CT molecular complexity index is 1150. The van der Waals surface area contributed by atoms with E-state index in [0.29, 0.717) is 13.1 Å². The van der Waals surface area contributed by atoms with Crippen molar-refractivity contribution in [3.63, 3.8) is 0 Å². The van der Waals surface area contributed by atoms with Crippen molar-refractivity contribution in [3.8, 4) is 0 Å². The van der Waals surface area contributed by atoms with Crippen molar-refractivity contribution < 1.29 is 9.59 Å². The number of amides is 2. The summed E-state index contributed by atoms with van der Waals surface area (Å²) in [4.78, 5) is 34.8. The molecule has 1 N–H and O–H groups in total. The molecule has 2 amide bonds. The van der Waals surface area contributed by atoms with Gasteiger partial charge in [0.15, 0.2) is 5.13 Å². The molecular formula is C27H34N4O2S. The normalized spacial score (nSPS) is 15.1. The number of nitrogens with zero attached hydrogens (tertiary/aromatic N) is 3. The number of rotatable bonds is 7. The lowest BCUT2D eigenvalue weighted by Gasteiger charge is -2.32. The number of fused-ring (bicyclic) bond motifs is 1. The summed E-state index contributed by atoms with van der Waals surface area (Å²) in [6.07, 6.45) is 1.56. The molecule has 180 valence electrons. The Morgan fingerprint density at radius 2 is 1.82 bits per heavy atom. The standard InChI is InChI=1S/C27H34N4O2S/c1-18(2)28-26(33)22-12-14-30(15-13-22)17-24(32)31(16-21-8-6-5-7-9-21)27-29-25-20(4)19(3)10-11-23(25)34-27/h5-11,18,22H,12-17H2,1-4H3,(H,28,33). The lowest BCUT2D eigenvalue weighted by molar-refractivity contribution is -0.127. The molecule has 6 nitrogen and oxygen atoms in total. The van der Waals surface area contributed by atoms with E-state index in [1.165, 1.54) is 5.56 Å². The number of aryl methyl sites for hydroxylation is 2. The number of anilines is 1. The van der Waals surface area contributed by atoms with Crippen LogP contribution in [0.3, 0.4) is 0 Å². The minimum Gasteiger partial charge on any atom is -0.354 e. The first-order chi connectivity index (χ1) is 16.3. The van der Waals surface area contributed by atoms with E-state index in [4.69, 9.17) is 4.98 Å². The molecule has 4 rings (SSSR count). The second-order valence-electron chi connectivity index (χ2n) is 9.53. The molecule has 3 aromatic rings. The maximum Gasteiger partial charge on any atom is 0.243 e. The van der Waals surface area contributed by atoms with Crippen LogP contribution in [0, 0.1) is 19.8 Å². The van der Waals surface area contributed by atoms with E-state index in [0.717, 1.165) is 52.4 Å². The average Bonchev–Trinajstić information content (AvgIpc) is 3.25. The fourth-order valence-electron chi connectivity index (χ4n) is 4.39. The van der Waals surface area contributed by atoms with Crippen LogP contribution < -0.4 is 10.2 Å². The van der Waals surface area contributed by atoms with Gasteiger partial charge < -0.3 is 5.32 Å². The van der Waals surface area contributed by atoms with Gasteiger partial charge >= 0.3 is 0 Å². The molecule has 0 bridgehead atoms. The van der Waals surface area contributed by atoms with Gasteiger partial charge in [0.1, 0.15) is 0 Å². The molecule has 0 saturated carbocycles. The number of hydrogen-bond donors (Lipinski definition) is 1. The fourth-order valence-corrected chi connectivity index (χ4v) is 5.43. The Morgan fingerprint density at radius 1 is 1.12 bits per heavy atom. The minimum atomic E-state index is 0.0321. The Hall–Kier alpha value is -2.77. The number of piperidine rings is 1. The number of carbonyl (C=O) groups excluding carboxylic acids is 2. The first-order valence-electron chi connectivity index (χ1n) is 12.1. The second-order valence-corrected chi connectivity index (χ2v) is 10.5. The van der Waals surface area contributed by atoms with Crippen molar-refractivity contribution in [2.45, 2.75) is 53.1 Å². The zero-order valence-corrected chi connectivity index (χ0v) is 21.3. The minimum absolute atomic E-state index is 0.0321. The Labute approximate surface area is 206 Å². The van der Waals surface area contributed by atoms with E-state index in [2.05, 4.69) is 36.2 Å². The van der Waals surface area contributed by atoms with Gasteiger partial charge in [-0.1, -0.05) is 47.7 Å². The summed E-state index contributed by atoms with van der Waals surface area (Å²) in [5.41, 5.74) is 4.42. The van der Waals surface area contributed by atoms with Crippen LogP contribution in [0.25, 0.3) is 10.2 Å². The van der Waals surface area contributed by atoms with Gasteiger partial charge in [0, 0.05) is 12.0 Å². The predicted octanol–water partition coefficient (Wildman–Crippen LogP) is 4.68. The van der Waals surface area contributed by atoms with Crippen molar-refractivity contribution in [2.75, 3.05) is 24.5 Å². The van der Waals surface area contributed by atoms with Crippen LogP contribution in [0.2, 0.25) is 0 Å². The van der Waals surface area contributed by atoms with E-state index in [1.54, 1.807) is 11.3 Å². The number of aromatic nitrogens is 1. The molecule has 1 fully saturated rings. The van der Waals surface area contributed by atoms with Crippen LogP contribution in [0.1, 0.15) is 43.4 Å². The number of likely N-dealkylation sites (tertiary alicyclic amines) is 1. The highest BCUT2D eigenvalue weighted by molar-refractivity contribution is 7.22. The summed E-state index contributed by atoms with van der Waals surface area (Å²) in [6.45, 7) is 10.5. The van der Waals surface area contributed by atoms with Crippen LogP contribution in [-0.4, -0.2) is 47.4 Å². The summed E-state index contributed by atoms with van der Waals surface area (Å²) in [5.74, 6) is 0.207. The van der Waals surface area contributed by atoms with E-state index in [-0.39, 0.29) is 23.8 Å². The monoisotopic (exact) mass is 478 g/mol. The zero-order chi connectivity index (χ0) is 24.2. The summed E-state index contributed by atoms with van der Waals surface area (Å²) in [7, 11) is 0. The Balaban J connectivity index is 1.50. The Morgan fingerprint density at radius 3 is 2.50 bits per heavy atom. The molecule has 2 heterocycles. The highest BCUT2D eigenvalue weighted by atomic mass is 32.1. The molecule has 0 radical (unpaired) electrons. The van der Waals surface area contributed by atoms with Crippen molar-refractivity contribution in [2.24, 2.45) is 5.92 Å². The summed E-state index contributed by atoms with van der Waals surface area (Å²) in [6, 6.07) is 14.4. The van der Waals surface area contributed by atoms with Crippen molar-refractivity contribution in [1.29, 1.82) is 0 Å². The number of carbonyl (C=O) groups is 2. The lowest BCUT2D eigenvalue weighted by atomic mass is 9.95. The molecule has 1 aliphatic rings. The second kappa shape index (κ2) is 10.7. The van der Waals surface area contributed by atoms with Crippen LogP contribution in [-0.2, 0) is 16.1 Å². The van der Waals surface area contributed by atoms with Gasteiger partial charge in [-0.15, -0.1) is 0 Å². The van der Waals surface area contributed by atoms with Crippen LogP contribution >= 0.6 is 11.3 Å². The van der Waals surface area contributed by atoms with Gasteiger partial charge in [0.05, 0.1) is 23.3 Å². The average molecular weight is 479 g/mol. The van der Waals surface area contributed by atoms with Gasteiger partial charge in [-0.05, 0) is 76.4 Å². The third-order valence-corrected chi connectivity index (χ3v) is 7.58. The third kappa shape index (κ3) is 5.65. The first-order valence-corrected chi connectivity index (χ1v) is 12.9. The van der Waals surface area contributed by atoms with Gasteiger partial charge in [-0.25, -0.2) is 4.98 Å². The number of thiazole rings is 1. The number of hydrogen-bond acceptors (Lipinski definition) is 5. The van der Waals surface area contributed by atoms with Crippen molar-refractivity contribution in [1.82, 2.24) is 15.2 Å². The number of benzene rings is 2. The maximum atomic E-state index is 13.6. The van der Waals surface area contributed by atoms with Crippen molar-refractivity contribution >= 4 is 38.5 Å². The van der Waals surface area contributed by atoms with E-state index in [9.17, 15) is 9.59 Å². The maximum absolute atomic E-state index is 13.6. The van der Waals surface area contributed by atoms with Gasteiger partial charge in [0.25, 0.3) is 0 Å². The predicted molar refractivity (Wildman–Crippen MR) is 139 cm³/mol. The molecule has 0 spiro atoms. The summed E-state index contributed by atoms with van der Waals surface area (Å²) >= 11 is 1.57. The first kappa shape index (κ1) is 24.4. The van der Waals surface area contributed by atoms with Gasteiger partial charge in [-0.2, -0.15) is 0 Å². The van der Waals surface area contributed by atoms with E-state index in [1.807, 2.05) is 49.1 Å². The SMILES string of the molecule is Cc1ccc2sc(N(Cc3ccccc3)C(=O)CN3CCC(C(=O)NC(C)C)CC3)nc2c1C. The highest BCUT2D eigenvalue weighted by Gasteiger charge is 2.28. The molecule has 2 aromatic carbocycles. The Kier molecular flexibility index (Phi) is 7.63. The molecule has 1 saturated heterocycles. The van der Waals surface area contributed by atoms with Gasteiger partial charge in [0.2, 0.25) is 11.8 Å². The summed E-state index contributed by atoms with van der Waals surface area (Å²) < 4.78 is 1.10. The molecule has 1 aliphatic heterocycles. The molecule has 0 aliphatic carbocycles. The third-order valence-electron chi connectivity index (χ3n) is 6.54. The topological polar surface area (TPSA) is 65.5 Å². The molecule has 7 heteroatoms. The fraction of sp³-hybridized carbons (Fsp3) is 0.444. The van der Waals surface area contributed by atoms with E-state index >= 15 is 0 Å². The summed E-state index contributed by atoms with van der Waals surface area (Å²) in [5, 5.41) is 3.76. The van der Waals surface area contributed by atoms with Gasteiger partial charge in [-0.3, -0.25) is 19.4 Å². The van der Waals surface area contributed by atoms with Crippen LogP contribution in [0.4, 0.5) is 5.13 Å². The molecular weight excluding hydrogens is 444 g/mol. The number of nitrogens with one attached hydrogen (secondary N) is 1.